The summed E-state index contributed by atoms with van der Waals surface area (Å²) in [4.78, 5) is 63.1. The molecule has 20 nitrogen and oxygen atoms in total. The summed E-state index contributed by atoms with van der Waals surface area (Å²) in [6.45, 7) is 14.9. The number of rotatable bonds is 11. The number of nitrogens with two attached hydrogens (primary N) is 1. The number of carbonyl (C=O) groups excluding carboxylic acids is 3. The fourth-order valence-electron chi connectivity index (χ4n) is 5.90. The number of nitrogens with zero attached hydrogens (tertiary/aromatic N) is 8. The van der Waals surface area contributed by atoms with E-state index in [1.807, 2.05) is 18.5 Å². The highest BCUT2D eigenvalue weighted by molar-refractivity contribution is 6.79. The summed E-state index contributed by atoms with van der Waals surface area (Å²) in [7, 11) is -3.06. The molecule has 2 aliphatic heterocycles. The van der Waals surface area contributed by atoms with Gasteiger partial charge in [0.25, 0.3) is 0 Å². The van der Waals surface area contributed by atoms with Crippen molar-refractivity contribution in [3.05, 3.63) is 94.8 Å². The Morgan fingerprint density at radius 2 is 1.30 bits per heavy atom. The molecule has 2 fully saturated rings. The van der Waals surface area contributed by atoms with Crippen LogP contribution in [-0.2, 0) is 38.0 Å². The van der Waals surface area contributed by atoms with Crippen molar-refractivity contribution >= 4 is 91.8 Å². The van der Waals surface area contributed by atoms with Gasteiger partial charge in [0.2, 0.25) is 18.2 Å². The SMILES string of the molecule is CC(=O)OC1CO[C@@H](COC(=O)c2ccccc2)O1.C[Si](C)(C)Nc1nc(Cl)c2ncn([Si](C)(C)C)c2n1.Nc1nc(Cl)c2ncn(C3CO[C@@H](COC(=O)c4ccccc4)O3)c2n1. The Morgan fingerprint density at radius 1 is 0.750 bits per heavy atom. The lowest BCUT2D eigenvalue weighted by molar-refractivity contribution is -0.177. The van der Waals surface area contributed by atoms with Crippen molar-refractivity contribution < 1.29 is 47.5 Å². The lowest BCUT2D eigenvalue weighted by atomic mass is 10.2. The number of nitrogens with one attached hydrogen (secondary N) is 1. The van der Waals surface area contributed by atoms with Crippen LogP contribution < -0.4 is 10.7 Å². The summed E-state index contributed by atoms with van der Waals surface area (Å²) in [5, 5.41) is 0.584. The van der Waals surface area contributed by atoms with Crippen LogP contribution in [0.4, 0.5) is 11.9 Å². The summed E-state index contributed by atoms with van der Waals surface area (Å²) in [6, 6.07) is 17.3. The zero-order valence-electron chi connectivity index (χ0n) is 36.1. The van der Waals surface area contributed by atoms with E-state index in [1.54, 1.807) is 53.1 Å². The van der Waals surface area contributed by atoms with Gasteiger partial charge in [-0.15, -0.1) is 0 Å². The number of nitrogen functional groups attached to an aromatic ring is 1. The number of ether oxygens (including phenoxy) is 7. The summed E-state index contributed by atoms with van der Waals surface area (Å²) >= 11 is 12.2. The Bertz CT molecular complexity index is 2560. The minimum Gasteiger partial charge on any atom is -0.457 e. The Balaban J connectivity index is 0.000000163. The number of benzene rings is 2. The number of fused-ring (bicyclic) bond motifs is 2. The molecule has 64 heavy (non-hydrogen) atoms. The second-order valence-corrected chi connectivity index (χ2v) is 26.4. The summed E-state index contributed by atoms with van der Waals surface area (Å²) in [6.07, 6.45) is 0.716. The highest BCUT2D eigenvalue weighted by atomic mass is 35.5. The molecule has 0 bridgehead atoms. The largest absolute Gasteiger partial charge is 0.457 e. The number of halogens is 2. The molecule has 4 atom stereocenters. The monoisotopic (exact) mass is 954 g/mol. The Hall–Kier alpha value is -5.60. The van der Waals surface area contributed by atoms with Gasteiger partial charge in [-0.2, -0.15) is 19.9 Å². The number of imidazole rings is 2. The molecule has 340 valence electrons. The van der Waals surface area contributed by atoms with E-state index in [4.69, 9.17) is 62.1 Å². The van der Waals surface area contributed by atoms with Crippen LogP contribution in [-0.4, -0.2) is 118 Å². The standard InChI is InChI=1S/C16H14ClN5O4.C13H14O6.C11H20ClN5Si2/c17-13-12-14(21-16(18)20-13)22(8-19-12)10-6-24-11(26-10)7-25-15(23)9-4-2-1-3-5-9;1-9(14)18-12-8-16-11(19-12)7-17-13(15)10-5-3-2-4-6-10;1-18(2,3)16-11-14-9(12)8-10(15-11)17(7-13-8)19(4,5)6/h1-5,8,10-11H,6-7H2,(H2,18,20,21);2-6,11-12H,7-8H2,1H3;7H,1-6H3,(H,14,15,16)/t10?,11-;11-,12?;/m11./s1. The normalized spacial score (nSPS) is 18.4. The molecule has 24 heteroatoms. The third-order valence-electron chi connectivity index (χ3n) is 8.74. The van der Waals surface area contributed by atoms with Crippen LogP contribution >= 0.6 is 23.2 Å². The quantitative estimate of drug-likeness (QED) is 0.0626. The van der Waals surface area contributed by atoms with Crippen molar-refractivity contribution in [2.45, 2.75) is 71.3 Å². The smallest absolute Gasteiger partial charge is 0.338 e. The molecule has 3 N–H and O–H groups in total. The van der Waals surface area contributed by atoms with Crippen molar-refractivity contribution in [1.82, 2.24) is 38.7 Å². The number of hydrogen-bond donors (Lipinski definition) is 2. The van der Waals surface area contributed by atoms with Gasteiger partial charge in [-0.3, -0.25) is 9.36 Å². The van der Waals surface area contributed by atoms with E-state index >= 15 is 0 Å². The Labute approximate surface area is 379 Å². The van der Waals surface area contributed by atoms with E-state index in [2.05, 4.69) is 78.4 Å². The minimum absolute atomic E-state index is 0.0330. The molecule has 0 saturated carbocycles. The van der Waals surface area contributed by atoms with Gasteiger partial charge >= 0.3 is 17.9 Å². The molecule has 2 aromatic carbocycles. The molecule has 0 radical (unpaired) electrons. The molecule has 6 aromatic rings. The molecular formula is C40H48Cl2N10O10Si2. The summed E-state index contributed by atoms with van der Waals surface area (Å²) in [5.74, 6) is -0.700. The van der Waals surface area contributed by atoms with Crippen molar-refractivity contribution in [2.75, 3.05) is 37.1 Å². The van der Waals surface area contributed by atoms with E-state index in [1.165, 1.54) is 13.3 Å². The third kappa shape index (κ3) is 13.0. The molecule has 0 spiro atoms. The third-order valence-corrected chi connectivity index (χ3v) is 12.0. The first kappa shape index (κ1) is 47.9. The van der Waals surface area contributed by atoms with Crippen molar-refractivity contribution in [2.24, 2.45) is 0 Å². The molecule has 2 saturated heterocycles. The van der Waals surface area contributed by atoms with Crippen LogP contribution in [0.15, 0.2) is 73.3 Å². The van der Waals surface area contributed by atoms with E-state index in [0.717, 1.165) is 5.65 Å². The number of esters is 3. The Morgan fingerprint density at radius 3 is 1.88 bits per heavy atom. The molecule has 8 rings (SSSR count). The van der Waals surface area contributed by atoms with E-state index in [0.29, 0.717) is 38.9 Å². The highest BCUT2D eigenvalue weighted by Gasteiger charge is 2.31. The van der Waals surface area contributed by atoms with Gasteiger partial charge in [0.05, 0.1) is 30.4 Å². The second-order valence-electron chi connectivity index (χ2n) is 16.1. The minimum atomic E-state index is -1.56. The fourth-order valence-corrected chi connectivity index (χ4v) is 8.32. The maximum absolute atomic E-state index is 12.0. The first-order valence-corrected chi connectivity index (χ1v) is 27.6. The van der Waals surface area contributed by atoms with Gasteiger partial charge in [-0.25, -0.2) is 19.6 Å². The van der Waals surface area contributed by atoms with E-state index in [9.17, 15) is 14.4 Å². The number of carbonyl (C=O) groups is 3. The van der Waals surface area contributed by atoms with Crippen LogP contribution in [0.2, 0.25) is 49.6 Å². The average molecular weight is 956 g/mol. The molecule has 2 aliphatic rings. The fraction of sp³-hybridized carbons (Fsp3) is 0.375. The van der Waals surface area contributed by atoms with Crippen LogP contribution in [0.25, 0.3) is 22.3 Å². The Kier molecular flexibility index (Phi) is 15.7. The maximum Gasteiger partial charge on any atom is 0.338 e. The van der Waals surface area contributed by atoms with Gasteiger partial charge in [-0.05, 0) is 24.3 Å². The first-order valence-electron chi connectivity index (χ1n) is 19.8. The summed E-state index contributed by atoms with van der Waals surface area (Å²) in [5.41, 5.74) is 8.94. The van der Waals surface area contributed by atoms with Crippen molar-refractivity contribution in [1.29, 1.82) is 0 Å². The summed E-state index contributed by atoms with van der Waals surface area (Å²) < 4.78 is 40.6. The van der Waals surface area contributed by atoms with Crippen molar-refractivity contribution in [3.63, 3.8) is 0 Å². The number of aromatic nitrogens is 8. The molecule has 4 aromatic heterocycles. The first-order chi connectivity index (χ1) is 30.3. The number of anilines is 2. The zero-order valence-corrected chi connectivity index (χ0v) is 39.6. The van der Waals surface area contributed by atoms with Gasteiger partial charge < -0.3 is 48.1 Å². The van der Waals surface area contributed by atoms with E-state index < -0.39 is 59.5 Å². The average Bonchev–Trinajstić information content (AvgIpc) is 4.06. The lowest BCUT2D eigenvalue weighted by Gasteiger charge is -2.20. The van der Waals surface area contributed by atoms with Crippen LogP contribution in [0, 0.1) is 0 Å². The van der Waals surface area contributed by atoms with Crippen LogP contribution in [0.5, 0.6) is 0 Å². The zero-order chi connectivity index (χ0) is 46.2. The maximum atomic E-state index is 12.0. The van der Waals surface area contributed by atoms with Crippen LogP contribution in [0.3, 0.4) is 0 Å². The molecule has 2 unspecified atom stereocenters. The highest BCUT2D eigenvalue weighted by Crippen LogP contribution is 2.28. The molecule has 0 aliphatic carbocycles. The van der Waals surface area contributed by atoms with Gasteiger partial charge in [0, 0.05) is 6.92 Å². The molecule has 0 amide bonds. The van der Waals surface area contributed by atoms with Crippen LogP contribution in [0.1, 0.15) is 33.9 Å². The molecule has 6 heterocycles. The van der Waals surface area contributed by atoms with Crippen molar-refractivity contribution in [3.8, 4) is 0 Å². The van der Waals surface area contributed by atoms with Gasteiger partial charge in [0.1, 0.15) is 39.1 Å². The van der Waals surface area contributed by atoms with Gasteiger partial charge in [-0.1, -0.05) is 98.9 Å². The predicted molar refractivity (Wildman–Crippen MR) is 240 cm³/mol. The second kappa shape index (κ2) is 20.9. The van der Waals surface area contributed by atoms with E-state index in [-0.39, 0.29) is 37.5 Å². The topological polar surface area (TPSA) is 241 Å². The van der Waals surface area contributed by atoms with Gasteiger partial charge in [0.15, 0.2) is 48.6 Å². The number of hydrogen-bond acceptors (Lipinski definition) is 18. The lowest BCUT2D eigenvalue weighted by Crippen LogP contribution is -2.34. The predicted octanol–water partition coefficient (Wildman–Crippen LogP) is 6.31. The molecular weight excluding hydrogens is 908 g/mol.